The predicted octanol–water partition coefficient (Wildman–Crippen LogP) is 7.95. The molecule has 0 saturated carbocycles. The molecule has 0 aliphatic heterocycles. The average Bonchev–Trinajstić information content (AvgIpc) is 2.80. The van der Waals surface area contributed by atoms with Gasteiger partial charge in [0.1, 0.15) is 0 Å². The van der Waals surface area contributed by atoms with Crippen LogP contribution >= 0.6 is 22.6 Å². The molecule has 0 unspecified atom stereocenters. The van der Waals surface area contributed by atoms with Crippen LogP contribution < -0.4 is 11.1 Å². The highest BCUT2D eigenvalue weighted by Gasteiger charge is 2.19. The van der Waals surface area contributed by atoms with E-state index in [0.29, 0.717) is 0 Å². The summed E-state index contributed by atoms with van der Waals surface area (Å²) in [6.07, 6.45) is 0. The number of nitrogens with two attached hydrogens (primary N) is 1. The molecule has 3 heteroatoms. The zero-order valence-corrected chi connectivity index (χ0v) is 19.5. The van der Waals surface area contributed by atoms with Crippen LogP contribution in [0.25, 0.3) is 43.8 Å². The zero-order valence-electron chi connectivity index (χ0n) is 17.3. The predicted molar refractivity (Wildman–Crippen MR) is 144 cm³/mol. The summed E-state index contributed by atoms with van der Waals surface area (Å²) in [4.78, 5) is 0. The summed E-state index contributed by atoms with van der Waals surface area (Å²) in [6.45, 7) is 2.97. The van der Waals surface area contributed by atoms with Crippen molar-refractivity contribution in [2.75, 3.05) is 17.6 Å². The van der Waals surface area contributed by atoms with Gasteiger partial charge in [-0.2, -0.15) is 0 Å². The highest BCUT2D eigenvalue weighted by Crippen LogP contribution is 2.46. The molecule has 31 heavy (non-hydrogen) atoms. The zero-order chi connectivity index (χ0) is 21.4. The largest absolute Gasteiger partial charge is 0.398 e. The summed E-state index contributed by atoms with van der Waals surface area (Å²) in [5.41, 5.74) is 13.4. The van der Waals surface area contributed by atoms with Crippen LogP contribution in [0.1, 0.15) is 6.92 Å². The Balaban J connectivity index is 1.96. The normalized spacial score (nSPS) is 11.2. The molecule has 0 aliphatic rings. The van der Waals surface area contributed by atoms with Gasteiger partial charge < -0.3 is 11.1 Å². The van der Waals surface area contributed by atoms with E-state index >= 15 is 0 Å². The van der Waals surface area contributed by atoms with Gasteiger partial charge in [-0.25, -0.2) is 0 Å². The molecular weight excluding hydrogens is 491 g/mol. The maximum atomic E-state index is 7.01. The van der Waals surface area contributed by atoms with E-state index in [-0.39, 0.29) is 0 Å². The third-order valence-corrected chi connectivity index (χ3v) is 6.74. The van der Waals surface area contributed by atoms with Crippen molar-refractivity contribution in [1.29, 1.82) is 0 Å². The van der Waals surface area contributed by atoms with Crippen LogP contribution in [0, 0.1) is 3.57 Å². The fraction of sp³-hybridized carbons (Fsp3) is 0.0714. The fourth-order valence-corrected chi connectivity index (χ4v) is 5.09. The summed E-state index contributed by atoms with van der Waals surface area (Å²) >= 11 is 2.40. The van der Waals surface area contributed by atoms with E-state index in [2.05, 4.69) is 126 Å². The van der Waals surface area contributed by atoms with Crippen LogP contribution in [0.5, 0.6) is 0 Å². The Labute approximate surface area is 196 Å². The number of fused-ring (bicyclic) bond motifs is 2. The molecule has 0 bridgehead atoms. The molecule has 0 saturated heterocycles. The van der Waals surface area contributed by atoms with Crippen molar-refractivity contribution < 1.29 is 0 Å². The second-order valence-electron chi connectivity index (χ2n) is 7.65. The monoisotopic (exact) mass is 514 g/mol. The van der Waals surface area contributed by atoms with Crippen LogP contribution in [0.4, 0.5) is 11.4 Å². The summed E-state index contributed by atoms with van der Waals surface area (Å²) in [5.74, 6) is 0. The van der Waals surface area contributed by atoms with Gasteiger partial charge in [0.2, 0.25) is 0 Å². The first-order chi connectivity index (χ1) is 15.2. The molecule has 2 nitrogen and oxygen atoms in total. The number of anilines is 2. The lowest BCUT2D eigenvalue weighted by Gasteiger charge is -2.21. The van der Waals surface area contributed by atoms with E-state index in [1.54, 1.807) is 0 Å². The Morgan fingerprint density at radius 1 is 0.710 bits per heavy atom. The Hall–Kier alpha value is -3.05. The van der Waals surface area contributed by atoms with Gasteiger partial charge in [0, 0.05) is 38.2 Å². The second-order valence-corrected chi connectivity index (χ2v) is 8.82. The Kier molecular flexibility index (Phi) is 5.28. The lowest BCUT2D eigenvalue weighted by molar-refractivity contribution is 1.22. The lowest BCUT2D eigenvalue weighted by atomic mass is 9.87. The quantitative estimate of drug-likeness (QED) is 0.189. The van der Waals surface area contributed by atoms with E-state index in [9.17, 15) is 0 Å². The van der Waals surface area contributed by atoms with Crippen LogP contribution in [-0.4, -0.2) is 6.54 Å². The summed E-state index contributed by atoms with van der Waals surface area (Å²) in [7, 11) is 0. The minimum absolute atomic E-state index is 0.818. The van der Waals surface area contributed by atoms with Crippen LogP contribution in [0.2, 0.25) is 0 Å². The fourth-order valence-electron chi connectivity index (χ4n) is 4.41. The van der Waals surface area contributed by atoms with Gasteiger partial charge in [0.25, 0.3) is 0 Å². The van der Waals surface area contributed by atoms with E-state index in [1.165, 1.54) is 30.7 Å². The van der Waals surface area contributed by atoms with E-state index in [0.717, 1.165) is 34.6 Å². The topological polar surface area (TPSA) is 38.0 Å². The third-order valence-electron chi connectivity index (χ3n) is 5.80. The van der Waals surface area contributed by atoms with Gasteiger partial charge in [-0.3, -0.25) is 0 Å². The number of nitrogens with one attached hydrogen (secondary N) is 1. The standard InChI is InChI=1S/C28H23IN2/c1-2-31-25-16-15-18-9-3-5-11-20(18)26(25)27-21-12-6-4-10-19(21)17-23(28(27)30)22-13-7-8-14-24(22)29/h3-17,31H,2,30H2,1H3. The molecule has 0 radical (unpaired) electrons. The molecule has 0 amide bonds. The second kappa shape index (κ2) is 8.23. The number of benzene rings is 5. The maximum Gasteiger partial charge on any atom is 0.0481 e. The summed E-state index contributed by atoms with van der Waals surface area (Å²) in [5, 5.41) is 8.35. The van der Waals surface area contributed by atoms with E-state index < -0.39 is 0 Å². The molecule has 5 rings (SSSR count). The highest BCUT2D eigenvalue weighted by atomic mass is 127. The Morgan fingerprint density at radius 2 is 1.35 bits per heavy atom. The molecule has 0 aromatic heterocycles. The van der Waals surface area contributed by atoms with Crippen molar-refractivity contribution in [1.82, 2.24) is 0 Å². The smallest absolute Gasteiger partial charge is 0.0481 e. The van der Waals surface area contributed by atoms with E-state index in [1.807, 2.05) is 0 Å². The van der Waals surface area contributed by atoms with Crippen LogP contribution in [0.15, 0.2) is 91.0 Å². The SMILES string of the molecule is CCNc1ccc2ccccc2c1-c1c(N)c(-c2ccccc2I)cc2ccccc12. The van der Waals surface area contributed by atoms with Gasteiger partial charge in [-0.15, -0.1) is 0 Å². The van der Waals surface area contributed by atoms with Crippen molar-refractivity contribution in [2.45, 2.75) is 6.92 Å². The van der Waals surface area contributed by atoms with Gasteiger partial charge in [0.15, 0.2) is 0 Å². The lowest BCUT2D eigenvalue weighted by Crippen LogP contribution is -2.02. The summed E-state index contributed by atoms with van der Waals surface area (Å²) < 4.78 is 1.19. The van der Waals surface area contributed by atoms with Crippen molar-refractivity contribution in [3.8, 4) is 22.3 Å². The van der Waals surface area contributed by atoms with Crippen LogP contribution in [0.3, 0.4) is 0 Å². The minimum atomic E-state index is 0.818. The van der Waals surface area contributed by atoms with Gasteiger partial charge in [-0.05, 0) is 74.8 Å². The average molecular weight is 514 g/mol. The first-order valence-corrected chi connectivity index (χ1v) is 11.6. The Morgan fingerprint density at radius 3 is 2.10 bits per heavy atom. The summed E-state index contributed by atoms with van der Waals surface area (Å²) in [6, 6.07) is 32.1. The molecule has 3 N–H and O–H groups in total. The highest BCUT2D eigenvalue weighted by molar-refractivity contribution is 14.1. The molecule has 0 spiro atoms. The molecule has 0 aliphatic carbocycles. The van der Waals surface area contributed by atoms with Crippen molar-refractivity contribution >= 4 is 55.5 Å². The molecule has 0 atom stereocenters. The maximum absolute atomic E-state index is 7.01. The van der Waals surface area contributed by atoms with E-state index in [4.69, 9.17) is 5.73 Å². The van der Waals surface area contributed by atoms with Crippen molar-refractivity contribution in [2.24, 2.45) is 0 Å². The first kappa shape index (κ1) is 19.9. The van der Waals surface area contributed by atoms with Crippen LogP contribution in [-0.2, 0) is 0 Å². The molecule has 5 aromatic carbocycles. The molecule has 0 fully saturated rings. The molecule has 152 valence electrons. The number of halogens is 1. The Bertz CT molecular complexity index is 1420. The number of hydrogen-bond acceptors (Lipinski definition) is 2. The number of rotatable bonds is 4. The van der Waals surface area contributed by atoms with Crippen molar-refractivity contribution in [3.05, 3.63) is 94.6 Å². The molecule has 0 heterocycles. The van der Waals surface area contributed by atoms with Gasteiger partial charge >= 0.3 is 0 Å². The minimum Gasteiger partial charge on any atom is -0.398 e. The molecular formula is C28H23IN2. The first-order valence-electron chi connectivity index (χ1n) is 10.5. The molecule has 5 aromatic rings. The van der Waals surface area contributed by atoms with Crippen molar-refractivity contribution in [3.63, 3.8) is 0 Å². The number of nitrogen functional groups attached to an aromatic ring is 1. The third kappa shape index (κ3) is 3.43. The van der Waals surface area contributed by atoms with Gasteiger partial charge in [-0.1, -0.05) is 72.8 Å². The van der Waals surface area contributed by atoms with Gasteiger partial charge in [0.05, 0.1) is 0 Å². The number of hydrogen-bond donors (Lipinski definition) is 2.